The fourth-order valence-corrected chi connectivity index (χ4v) is 2.74. The summed E-state index contributed by atoms with van der Waals surface area (Å²) in [5.74, 6) is 0. The van der Waals surface area contributed by atoms with Gasteiger partial charge in [0, 0.05) is 25.7 Å². The van der Waals surface area contributed by atoms with Crippen molar-refractivity contribution in [2.24, 2.45) is 5.41 Å². The van der Waals surface area contributed by atoms with Crippen LogP contribution in [0.25, 0.3) is 0 Å². The molecule has 1 heterocycles. The second-order valence-electron chi connectivity index (χ2n) is 6.01. The van der Waals surface area contributed by atoms with Gasteiger partial charge >= 0.3 is 0 Å². The average Bonchev–Trinajstić information content (AvgIpc) is 2.23. The highest BCUT2D eigenvalue weighted by molar-refractivity contribution is 4.80. The molecule has 0 aromatic rings. The molecular weight excluding hydrogens is 196 g/mol. The van der Waals surface area contributed by atoms with Crippen LogP contribution in [0.15, 0.2) is 0 Å². The van der Waals surface area contributed by atoms with E-state index in [1.807, 2.05) is 0 Å². The molecule has 1 aliphatic heterocycles. The summed E-state index contributed by atoms with van der Waals surface area (Å²) in [6.45, 7) is 14.3. The Morgan fingerprint density at radius 1 is 1.25 bits per heavy atom. The number of nitrogens with zero attached hydrogens (tertiary/aromatic N) is 1. The summed E-state index contributed by atoms with van der Waals surface area (Å²) >= 11 is 0. The Morgan fingerprint density at radius 2 is 1.94 bits per heavy atom. The van der Waals surface area contributed by atoms with Crippen LogP contribution in [0.5, 0.6) is 0 Å². The van der Waals surface area contributed by atoms with Crippen molar-refractivity contribution in [2.75, 3.05) is 26.2 Å². The van der Waals surface area contributed by atoms with Crippen molar-refractivity contribution in [1.29, 1.82) is 0 Å². The lowest BCUT2D eigenvalue weighted by Gasteiger charge is -2.38. The smallest absolute Gasteiger partial charge is 0.0107 e. The minimum absolute atomic E-state index is 0.535. The molecule has 0 radical (unpaired) electrons. The molecule has 1 aliphatic rings. The van der Waals surface area contributed by atoms with Gasteiger partial charge in [0.05, 0.1) is 0 Å². The lowest BCUT2D eigenvalue weighted by molar-refractivity contribution is 0.117. The van der Waals surface area contributed by atoms with E-state index in [4.69, 9.17) is 0 Å². The summed E-state index contributed by atoms with van der Waals surface area (Å²) in [5.41, 5.74) is 0.535. The van der Waals surface area contributed by atoms with E-state index in [0.29, 0.717) is 5.41 Å². The van der Waals surface area contributed by atoms with Crippen LogP contribution in [0.3, 0.4) is 0 Å². The van der Waals surface area contributed by atoms with E-state index >= 15 is 0 Å². The third kappa shape index (κ3) is 4.84. The highest BCUT2D eigenvalue weighted by Gasteiger charge is 2.25. The summed E-state index contributed by atoms with van der Waals surface area (Å²) in [7, 11) is 0. The van der Waals surface area contributed by atoms with Crippen LogP contribution in [-0.2, 0) is 0 Å². The van der Waals surface area contributed by atoms with Gasteiger partial charge in [-0.05, 0) is 37.6 Å². The molecule has 0 saturated carbocycles. The summed E-state index contributed by atoms with van der Waals surface area (Å²) in [5, 5.41) is 3.65. The summed E-state index contributed by atoms with van der Waals surface area (Å²) in [6, 6.07) is 0.720. The number of hydrogen-bond acceptors (Lipinski definition) is 2. The van der Waals surface area contributed by atoms with Gasteiger partial charge in [-0.15, -0.1) is 0 Å². The molecule has 0 bridgehead atoms. The maximum absolute atomic E-state index is 3.65. The van der Waals surface area contributed by atoms with E-state index in [-0.39, 0.29) is 0 Å². The first-order chi connectivity index (χ1) is 7.57. The SMILES string of the molecule is CCC(CC)NCCN1CCCC(C)(C)C1. The van der Waals surface area contributed by atoms with Gasteiger partial charge in [-0.3, -0.25) is 0 Å². The molecule has 1 fully saturated rings. The van der Waals surface area contributed by atoms with Crippen molar-refractivity contribution in [3.8, 4) is 0 Å². The Kier molecular flexibility index (Phi) is 5.77. The molecule has 0 amide bonds. The predicted molar refractivity (Wildman–Crippen MR) is 71.8 cm³/mol. The van der Waals surface area contributed by atoms with E-state index in [9.17, 15) is 0 Å². The van der Waals surface area contributed by atoms with E-state index in [2.05, 4.69) is 37.9 Å². The van der Waals surface area contributed by atoms with Gasteiger partial charge in [0.2, 0.25) is 0 Å². The lowest BCUT2D eigenvalue weighted by Crippen LogP contribution is -2.44. The van der Waals surface area contributed by atoms with Gasteiger partial charge in [-0.1, -0.05) is 27.7 Å². The number of rotatable bonds is 6. The summed E-state index contributed by atoms with van der Waals surface area (Å²) in [4.78, 5) is 2.62. The van der Waals surface area contributed by atoms with Gasteiger partial charge < -0.3 is 10.2 Å². The maximum atomic E-state index is 3.65. The molecule has 0 spiro atoms. The highest BCUT2D eigenvalue weighted by Crippen LogP contribution is 2.27. The molecule has 0 aromatic heterocycles. The molecule has 2 nitrogen and oxygen atoms in total. The Hall–Kier alpha value is -0.0800. The molecule has 16 heavy (non-hydrogen) atoms. The fourth-order valence-electron chi connectivity index (χ4n) is 2.74. The molecule has 0 aromatic carbocycles. The third-order valence-corrected chi connectivity index (χ3v) is 3.83. The molecule has 2 heteroatoms. The second kappa shape index (κ2) is 6.61. The fraction of sp³-hybridized carbons (Fsp3) is 1.00. The Balaban J connectivity index is 2.17. The van der Waals surface area contributed by atoms with Crippen molar-refractivity contribution < 1.29 is 0 Å². The van der Waals surface area contributed by atoms with Crippen LogP contribution in [0.2, 0.25) is 0 Å². The highest BCUT2D eigenvalue weighted by atomic mass is 15.2. The zero-order valence-corrected chi connectivity index (χ0v) is 11.7. The molecule has 1 rings (SSSR count). The average molecular weight is 226 g/mol. The van der Waals surface area contributed by atoms with Crippen LogP contribution in [0.1, 0.15) is 53.4 Å². The monoisotopic (exact) mass is 226 g/mol. The number of nitrogens with one attached hydrogen (secondary N) is 1. The van der Waals surface area contributed by atoms with Gasteiger partial charge in [0.15, 0.2) is 0 Å². The number of piperidine rings is 1. The van der Waals surface area contributed by atoms with Crippen molar-refractivity contribution in [3.63, 3.8) is 0 Å². The molecular formula is C14H30N2. The second-order valence-corrected chi connectivity index (χ2v) is 6.01. The molecule has 0 unspecified atom stereocenters. The van der Waals surface area contributed by atoms with E-state index in [1.165, 1.54) is 45.3 Å². The van der Waals surface area contributed by atoms with Crippen molar-refractivity contribution in [1.82, 2.24) is 10.2 Å². The molecule has 1 N–H and O–H groups in total. The number of hydrogen-bond donors (Lipinski definition) is 1. The summed E-state index contributed by atoms with van der Waals surface area (Å²) in [6.07, 6.45) is 5.27. The first-order valence-corrected chi connectivity index (χ1v) is 7.03. The standard InChI is InChI=1S/C14H30N2/c1-5-13(6-2)15-9-11-16-10-7-8-14(3,4)12-16/h13,15H,5-12H2,1-4H3. The van der Waals surface area contributed by atoms with Crippen molar-refractivity contribution in [2.45, 2.75) is 59.4 Å². The van der Waals surface area contributed by atoms with Gasteiger partial charge in [0.25, 0.3) is 0 Å². The van der Waals surface area contributed by atoms with E-state index < -0.39 is 0 Å². The molecule has 1 saturated heterocycles. The minimum atomic E-state index is 0.535. The Bertz CT molecular complexity index is 185. The third-order valence-electron chi connectivity index (χ3n) is 3.83. The lowest BCUT2D eigenvalue weighted by atomic mass is 9.84. The number of likely N-dealkylation sites (tertiary alicyclic amines) is 1. The normalized spacial score (nSPS) is 21.6. The van der Waals surface area contributed by atoms with Crippen molar-refractivity contribution in [3.05, 3.63) is 0 Å². The molecule has 96 valence electrons. The summed E-state index contributed by atoms with van der Waals surface area (Å²) < 4.78 is 0. The Labute approximate surface area is 102 Å². The van der Waals surface area contributed by atoms with Gasteiger partial charge in [0.1, 0.15) is 0 Å². The maximum Gasteiger partial charge on any atom is 0.0107 e. The van der Waals surface area contributed by atoms with Crippen LogP contribution in [-0.4, -0.2) is 37.1 Å². The first kappa shape index (κ1) is 14.0. The minimum Gasteiger partial charge on any atom is -0.313 e. The zero-order valence-electron chi connectivity index (χ0n) is 11.7. The quantitative estimate of drug-likeness (QED) is 0.749. The van der Waals surface area contributed by atoms with Crippen LogP contribution in [0.4, 0.5) is 0 Å². The van der Waals surface area contributed by atoms with Crippen LogP contribution >= 0.6 is 0 Å². The van der Waals surface area contributed by atoms with Crippen LogP contribution in [0, 0.1) is 5.41 Å². The van der Waals surface area contributed by atoms with Gasteiger partial charge in [-0.2, -0.15) is 0 Å². The molecule has 0 atom stereocenters. The first-order valence-electron chi connectivity index (χ1n) is 7.03. The van der Waals surface area contributed by atoms with Crippen LogP contribution < -0.4 is 5.32 Å². The topological polar surface area (TPSA) is 15.3 Å². The predicted octanol–water partition coefficient (Wildman–Crippen LogP) is 2.89. The zero-order chi connectivity index (χ0) is 12.0. The van der Waals surface area contributed by atoms with E-state index in [0.717, 1.165) is 12.6 Å². The van der Waals surface area contributed by atoms with Gasteiger partial charge in [-0.25, -0.2) is 0 Å². The van der Waals surface area contributed by atoms with Crippen molar-refractivity contribution >= 4 is 0 Å². The largest absolute Gasteiger partial charge is 0.313 e. The molecule has 0 aliphatic carbocycles. The van der Waals surface area contributed by atoms with E-state index in [1.54, 1.807) is 0 Å². The Morgan fingerprint density at radius 3 is 2.50 bits per heavy atom.